The summed E-state index contributed by atoms with van der Waals surface area (Å²) in [6.45, 7) is 7.28. The van der Waals surface area contributed by atoms with Crippen molar-refractivity contribution in [3.8, 4) is 0 Å². The van der Waals surface area contributed by atoms with Crippen molar-refractivity contribution in [1.82, 2.24) is 0 Å². The lowest BCUT2D eigenvalue weighted by Gasteiger charge is -2.25. The fourth-order valence-electron chi connectivity index (χ4n) is 3.14. The summed E-state index contributed by atoms with van der Waals surface area (Å²) in [6, 6.07) is 0. The molecular formula is C18H31ClO6. The first-order chi connectivity index (χ1) is 11.5. The number of rotatable bonds is 13. The van der Waals surface area contributed by atoms with Crippen molar-refractivity contribution in [1.29, 1.82) is 0 Å². The third-order valence-corrected chi connectivity index (χ3v) is 5.49. The first kappa shape index (κ1) is 23.7. The summed E-state index contributed by atoms with van der Waals surface area (Å²) in [5.41, 5.74) is 0. The Balaban J connectivity index is 4.75. The van der Waals surface area contributed by atoms with Crippen LogP contribution in [0.15, 0.2) is 0 Å². The summed E-state index contributed by atoms with van der Waals surface area (Å²) in [4.78, 5) is 34.0. The highest BCUT2D eigenvalue weighted by atomic mass is 35.5. The third kappa shape index (κ3) is 8.08. The Morgan fingerprint density at radius 1 is 0.680 bits per heavy atom. The molecule has 3 N–H and O–H groups in total. The lowest BCUT2D eigenvalue weighted by atomic mass is 9.80. The van der Waals surface area contributed by atoms with Crippen LogP contribution in [0.5, 0.6) is 0 Å². The van der Waals surface area contributed by atoms with Gasteiger partial charge in [-0.3, -0.25) is 14.4 Å². The highest BCUT2D eigenvalue weighted by Gasteiger charge is 2.30. The zero-order valence-corrected chi connectivity index (χ0v) is 16.2. The minimum atomic E-state index is -0.969. The molecule has 0 aliphatic rings. The minimum Gasteiger partial charge on any atom is -0.481 e. The van der Waals surface area contributed by atoms with E-state index in [4.69, 9.17) is 16.7 Å². The second-order valence-corrected chi connectivity index (χ2v) is 7.65. The van der Waals surface area contributed by atoms with Crippen LogP contribution < -0.4 is 0 Å². The van der Waals surface area contributed by atoms with Gasteiger partial charge in [0.15, 0.2) is 0 Å². The van der Waals surface area contributed by atoms with Gasteiger partial charge in [0.2, 0.25) is 0 Å². The lowest BCUT2D eigenvalue weighted by Crippen LogP contribution is -2.27. The van der Waals surface area contributed by atoms with Crippen LogP contribution in [0, 0.1) is 35.5 Å². The fraction of sp³-hybridized carbons (Fsp3) is 0.833. The van der Waals surface area contributed by atoms with Crippen molar-refractivity contribution in [3.05, 3.63) is 0 Å². The largest absolute Gasteiger partial charge is 0.481 e. The third-order valence-electron chi connectivity index (χ3n) is 5.16. The van der Waals surface area contributed by atoms with Crippen LogP contribution in [0.4, 0.5) is 0 Å². The molecule has 7 heteroatoms. The van der Waals surface area contributed by atoms with E-state index in [9.17, 15) is 24.6 Å². The summed E-state index contributed by atoms with van der Waals surface area (Å²) >= 11 is 5.69. The number of halogens is 1. The Labute approximate surface area is 154 Å². The molecule has 0 heterocycles. The first-order valence-corrected chi connectivity index (χ1v) is 9.30. The summed E-state index contributed by atoms with van der Waals surface area (Å²) in [5, 5.41) is 27.8. The van der Waals surface area contributed by atoms with E-state index in [-0.39, 0.29) is 23.6 Å². The second kappa shape index (κ2) is 11.3. The van der Waals surface area contributed by atoms with Gasteiger partial charge in [-0.05, 0) is 43.4 Å². The topological polar surface area (TPSA) is 112 Å². The molecule has 0 aromatic carbocycles. The van der Waals surface area contributed by atoms with Crippen LogP contribution in [0.1, 0.15) is 53.4 Å². The first-order valence-electron chi connectivity index (χ1n) is 8.77. The Morgan fingerprint density at radius 3 is 1.36 bits per heavy atom. The van der Waals surface area contributed by atoms with Gasteiger partial charge in [0, 0.05) is 5.88 Å². The van der Waals surface area contributed by atoms with Gasteiger partial charge in [-0.25, -0.2) is 0 Å². The van der Waals surface area contributed by atoms with E-state index in [0.717, 1.165) is 0 Å². The van der Waals surface area contributed by atoms with Gasteiger partial charge < -0.3 is 15.3 Å². The maximum atomic E-state index is 11.6. The number of carbonyl (C=O) groups is 3. The van der Waals surface area contributed by atoms with Crippen molar-refractivity contribution in [2.75, 3.05) is 5.88 Å². The second-order valence-electron chi connectivity index (χ2n) is 7.34. The van der Waals surface area contributed by atoms with Crippen LogP contribution in [-0.2, 0) is 14.4 Å². The van der Waals surface area contributed by atoms with Crippen LogP contribution >= 0.6 is 11.6 Å². The van der Waals surface area contributed by atoms with Gasteiger partial charge in [-0.2, -0.15) is 0 Å². The Bertz CT molecular complexity index is 451. The lowest BCUT2D eigenvalue weighted by molar-refractivity contribution is -0.144. The smallest absolute Gasteiger partial charge is 0.307 e. The highest BCUT2D eigenvalue weighted by Crippen LogP contribution is 2.29. The van der Waals surface area contributed by atoms with Gasteiger partial charge in [0.25, 0.3) is 0 Å². The normalized spacial score (nSPS) is 17.5. The quantitative estimate of drug-likeness (QED) is 0.420. The number of hydrogen-bond acceptors (Lipinski definition) is 3. The molecule has 0 saturated carbocycles. The van der Waals surface area contributed by atoms with E-state index in [1.54, 1.807) is 6.92 Å². The summed E-state index contributed by atoms with van der Waals surface area (Å²) in [5.74, 6) is -4.94. The van der Waals surface area contributed by atoms with Crippen LogP contribution in [0.3, 0.4) is 0 Å². The van der Waals surface area contributed by atoms with E-state index < -0.39 is 35.7 Å². The molecule has 6 nitrogen and oxygen atoms in total. The molecule has 25 heavy (non-hydrogen) atoms. The van der Waals surface area contributed by atoms with Gasteiger partial charge >= 0.3 is 17.9 Å². The molecule has 0 aromatic rings. The number of alkyl halides is 1. The fourth-order valence-corrected chi connectivity index (χ4v) is 3.58. The molecule has 0 rings (SSSR count). The van der Waals surface area contributed by atoms with E-state index in [0.29, 0.717) is 25.7 Å². The Morgan fingerprint density at radius 2 is 1.04 bits per heavy atom. The molecule has 5 atom stereocenters. The van der Waals surface area contributed by atoms with Gasteiger partial charge in [0.05, 0.1) is 17.8 Å². The van der Waals surface area contributed by atoms with E-state index >= 15 is 0 Å². The summed E-state index contributed by atoms with van der Waals surface area (Å²) in [7, 11) is 0. The number of carboxylic acid groups (broad SMARTS) is 3. The monoisotopic (exact) mass is 378 g/mol. The van der Waals surface area contributed by atoms with Gasteiger partial charge in [-0.15, -0.1) is 11.6 Å². The molecule has 0 bridgehead atoms. The molecule has 0 aliphatic heterocycles. The van der Waals surface area contributed by atoms with Crippen LogP contribution in [0.25, 0.3) is 0 Å². The number of hydrogen-bond donors (Lipinski definition) is 3. The van der Waals surface area contributed by atoms with Crippen molar-refractivity contribution < 1.29 is 29.7 Å². The Kier molecular flexibility index (Phi) is 10.8. The van der Waals surface area contributed by atoms with Crippen molar-refractivity contribution in [2.45, 2.75) is 53.4 Å². The summed E-state index contributed by atoms with van der Waals surface area (Å²) < 4.78 is 0. The van der Waals surface area contributed by atoms with Crippen LogP contribution in [-0.4, -0.2) is 39.1 Å². The maximum Gasteiger partial charge on any atom is 0.307 e. The molecule has 0 amide bonds. The zero-order valence-electron chi connectivity index (χ0n) is 15.4. The summed E-state index contributed by atoms with van der Waals surface area (Å²) in [6.07, 6.45) is 1.76. The van der Waals surface area contributed by atoms with Gasteiger partial charge in [-0.1, -0.05) is 27.7 Å². The Hall–Kier alpha value is -1.30. The molecule has 146 valence electrons. The van der Waals surface area contributed by atoms with Crippen LogP contribution in [0.2, 0.25) is 0 Å². The molecule has 0 spiro atoms. The maximum absolute atomic E-state index is 11.6. The average Bonchev–Trinajstić information content (AvgIpc) is 2.46. The van der Waals surface area contributed by atoms with Crippen molar-refractivity contribution in [2.24, 2.45) is 35.5 Å². The number of aliphatic carboxylic acids is 3. The zero-order chi connectivity index (χ0) is 19.7. The molecule has 5 unspecified atom stereocenters. The van der Waals surface area contributed by atoms with Gasteiger partial charge in [0.1, 0.15) is 0 Å². The molecule has 0 saturated heterocycles. The predicted octanol–water partition coefficient (Wildman–Crippen LogP) is 3.82. The molecular weight excluding hydrogens is 348 g/mol. The predicted molar refractivity (Wildman–Crippen MR) is 95.7 cm³/mol. The molecule has 0 fully saturated rings. The molecule has 0 aliphatic carbocycles. The molecule has 0 aromatic heterocycles. The standard InChI is InChI=1S/C18H31ClO6/c1-10(2)13(16(20)21)7-5-11(3)14(17(22)23)8-6-12(4)15(9-19)18(24)25/h10-15H,5-9H2,1-4H3,(H,20,21)(H,22,23)(H,24,25). The molecule has 0 radical (unpaired) electrons. The average molecular weight is 379 g/mol. The van der Waals surface area contributed by atoms with E-state index in [1.807, 2.05) is 20.8 Å². The number of carboxylic acids is 3. The highest BCUT2D eigenvalue weighted by molar-refractivity contribution is 6.19. The van der Waals surface area contributed by atoms with Crippen molar-refractivity contribution >= 4 is 29.5 Å². The minimum absolute atomic E-state index is 0.00152. The van der Waals surface area contributed by atoms with Crippen molar-refractivity contribution in [3.63, 3.8) is 0 Å². The van der Waals surface area contributed by atoms with E-state index in [2.05, 4.69) is 0 Å². The SMILES string of the molecule is CC(C)C(CCC(C)C(CCC(C)C(CCl)C(=O)O)C(=O)O)C(=O)O. The van der Waals surface area contributed by atoms with E-state index in [1.165, 1.54) is 0 Å².